The topological polar surface area (TPSA) is 66.5 Å². The van der Waals surface area contributed by atoms with Crippen molar-refractivity contribution in [3.8, 4) is 0 Å². The minimum atomic E-state index is -3.84. The predicted molar refractivity (Wildman–Crippen MR) is 123 cm³/mol. The molecule has 3 aromatic rings. The second-order valence-electron chi connectivity index (χ2n) is 8.15. The zero-order valence-corrected chi connectivity index (χ0v) is 18.8. The number of amides is 1. The van der Waals surface area contributed by atoms with E-state index in [1.54, 1.807) is 24.0 Å². The number of aryl methyl sites for hydroxylation is 3. The third-order valence-electron chi connectivity index (χ3n) is 5.78. The Bertz CT molecular complexity index is 1270. The van der Waals surface area contributed by atoms with Crippen LogP contribution in [0.5, 0.6) is 0 Å². The van der Waals surface area contributed by atoms with Crippen LogP contribution >= 0.6 is 0 Å². The van der Waals surface area contributed by atoms with Crippen LogP contribution < -0.4 is 4.72 Å². The molecule has 0 unspecified atom stereocenters. The Morgan fingerprint density at radius 2 is 1.61 bits per heavy atom. The van der Waals surface area contributed by atoms with Gasteiger partial charge in [-0.05, 0) is 73.2 Å². The van der Waals surface area contributed by atoms with Crippen LogP contribution in [0.2, 0.25) is 0 Å². The molecule has 160 valence electrons. The molecule has 0 aromatic heterocycles. The highest BCUT2D eigenvalue weighted by Crippen LogP contribution is 2.25. The zero-order chi connectivity index (χ0) is 22.2. The van der Waals surface area contributed by atoms with E-state index in [0.717, 1.165) is 23.1 Å². The largest absolute Gasteiger partial charge is 0.334 e. The normalized spacial score (nSPS) is 13.6. The number of hydrogen-bond acceptors (Lipinski definition) is 3. The van der Waals surface area contributed by atoms with Gasteiger partial charge in [0, 0.05) is 18.7 Å². The third-order valence-corrected chi connectivity index (χ3v) is 7.29. The van der Waals surface area contributed by atoms with Crippen LogP contribution in [0.25, 0.3) is 0 Å². The van der Waals surface area contributed by atoms with Crippen LogP contribution in [0, 0.1) is 20.8 Å². The Hall–Kier alpha value is -3.12. The Morgan fingerprint density at radius 3 is 2.39 bits per heavy atom. The Kier molecular flexibility index (Phi) is 5.58. The molecule has 0 radical (unpaired) electrons. The highest BCUT2D eigenvalue weighted by atomic mass is 32.2. The Balaban J connectivity index is 1.62. The van der Waals surface area contributed by atoms with E-state index in [-0.39, 0.29) is 10.8 Å². The summed E-state index contributed by atoms with van der Waals surface area (Å²) in [4.78, 5) is 15.1. The maximum atomic E-state index is 13.2. The number of carbonyl (C=O) groups is 1. The standard InChI is InChI=1S/C25H26N2O3S/c1-17-8-9-18(2)23(14-17)26-31(29,30)24-15-21(11-10-19(24)3)25(28)27-13-12-20-6-4-5-7-22(20)16-27/h4-11,14-15,26H,12-13,16H2,1-3H3. The number of carbonyl (C=O) groups excluding carboxylic acids is 1. The molecule has 1 amide bonds. The molecule has 1 heterocycles. The SMILES string of the molecule is Cc1ccc(C)c(NS(=O)(=O)c2cc(C(=O)N3CCc4ccccc4C3)ccc2C)c1. The van der Waals surface area contributed by atoms with Gasteiger partial charge in [-0.15, -0.1) is 0 Å². The number of nitrogens with zero attached hydrogens (tertiary/aromatic N) is 1. The van der Waals surface area contributed by atoms with Gasteiger partial charge in [0.05, 0.1) is 10.6 Å². The molecule has 0 aliphatic carbocycles. The molecule has 0 saturated heterocycles. The summed E-state index contributed by atoms with van der Waals surface area (Å²) >= 11 is 0. The second-order valence-corrected chi connectivity index (χ2v) is 9.80. The van der Waals surface area contributed by atoms with Crippen molar-refractivity contribution in [2.75, 3.05) is 11.3 Å². The first-order valence-electron chi connectivity index (χ1n) is 10.3. The number of fused-ring (bicyclic) bond motifs is 1. The van der Waals surface area contributed by atoms with Crippen molar-refractivity contribution in [3.05, 3.63) is 94.0 Å². The summed E-state index contributed by atoms with van der Waals surface area (Å²) in [7, 11) is -3.84. The van der Waals surface area contributed by atoms with Crippen LogP contribution in [0.15, 0.2) is 65.6 Å². The monoisotopic (exact) mass is 434 g/mol. The van der Waals surface area contributed by atoms with Gasteiger partial charge in [0.2, 0.25) is 0 Å². The van der Waals surface area contributed by atoms with E-state index in [4.69, 9.17) is 0 Å². The van der Waals surface area contributed by atoms with Gasteiger partial charge in [0.25, 0.3) is 15.9 Å². The molecule has 6 heteroatoms. The molecule has 0 spiro atoms. The van der Waals surface area contributed by atoms with Crippen LogP contribution in [0.3, 0.4) is 0 Å². The van der Waals surface area contributed by atoms with Gasteiger partial charge in [-0.2, -0.15) is 0 Å². The van der Waals surface area contributed by atoms with Gasteiger partial charge < -0.3 is 4.90 Å². The average molecular weight is 435 g/mol. The maximum Gasteiger partial charge on any atom is 0.262 e. The number of rotatable bonds is 4. The van der Waals surface area contributed by atoms with Crippen LogP contribution in [0.1, 0.15) is 38.2 Å². The summed E-state index contributed by atoms with van der Waals surface area (Å²) in [6.45, 7) is 6.66. The maximum absolute atomic E-state index is 13.2. The summed E-state index contributed by atoms with van der Waals surface area (Å²) in [6.07, 6.45) is 0.799. The van der Waals surface area contributed by atoms with E-state index < -0.39 is 10.0 Å². The predicted octanol–water partition coefficient (Wildman–Crippen LogP) is 4.61. The van der Waals surface area contributed by atoms with E-state index in [1.165, 1.54) is 11.6 Å². The van der Waals surface area contributed by atoms with Gasteiger partial charge in [-0.25, -0.2) is 8.42 Å². The molecule has 0 fully saturated rings. The molecule has 1 N–H and O–H groups in total. The van der Waals surface area contributed by atoms with Crippen molar-refractivity contribution in [2.24, 2.45) is 0 Å². The number of sulfonamides is 1. The van der Waals surface area contributed by atoms with Crippen LogP contribution in [-0.2, 0) is 23.0 Å². The van der Waals surface area contributed by atoms with Gasteiger partial charge >= 0.3 is 0 Å². The van der Waals surface area contributed by atoms with Crippen LogP contribution in [-0.4, -0.2) is 25.8 Å². The smallest absolute Gasteiger partial charge is 0.262 e. The van der Waals surface area contributed by atoms with Crippen molar-refractivity contribution in [1.82, 2.24) is 4.90 Å². The zero-order valence-electron chi connectivity index (χ0n) is 18.0. The van der Waals surface area contributed by atoms with Gasteiger partial charge in [0.1, 0.15) is 0 Å². The molecular formula is C25H26N2O3S. The summed E-state index contributed by atoms with van der Waals surface area (Å²) < 4.78 is 29.0. The number of anilines is 1. The lowest BCUT2D eigenvalue weighted by Gasteiger charge is -2.29. The summed E-state index contributed by atoms with van der Waals surface area (Å²) in [5, 5.41) is 0. The lowest BCUT2D eigenvalue weighted by atomic mass is 9.99. The first-order chi connectivity index (χ1) is 14.7. The fourth-order valence-electron chi connectivity index (χ4n) is 3.92. The van der Waals surface area contributed by atoms with Crippen molar-refractivity contribution in [1.29, 1.82) is 0 Å². The lowest BCUT2D eigenvalue weighted by Crippen LogP contribution is -2.36. The minimum Gasteiger partial charge on any atom is -0.334 e. The summed E-state index contributed by atoms with van der Waals surface area (Å²) in [6, 6.07) is 18.6. The quantitative estimate of drug-likeness (QED) is 0.652. The average Bonchev–Trinajstić information content (AvgIpc) is 2.75. The molecule has 31 heavy (non-hydrogen) atoms. The van der Waals surface area contributed by atoms with Crippen molar-refractivity contribution < 1.29 is 13.2 Å². The lowest BCUT2D eigenvalue weighted by molar-refractivity contribution is 0.0734. The fraction of sp³-hybridized carbons (Fsp3) is 0.240. The molecule has 0 atom stereocenters. The van der Waals surface area contributed by atoms with E-state index in [1.807, 2.05) is 50.2 Å². The van der Waals surface area contributed by atoms with Crippen molar-refractivity contribution in [2.45, 2.75) is 38.6 Å². The first-order valence-corrected chi connectivity index (χ1v) is 11.8. The van der Waals surface area contributed by atoms with E-state index >= 15 is 0 Å². The van der Waals surface area contributed by atoms with Crippen LogP contribution in [0.4, 0.5) is 5.69 Å². The molecule has 1 aliphatic rings. The Labute approximate surface area is 183 Å². The molecule has 4 rings (SSSR count). The first kappa shape index (κ1) is 21.1. The number of benzene rings is 3. The highest BCUT2D eigenvalue weighted by Gasteiger charge is 2.24. The molecule has 1 aliphatic heterocycles. The molecule has 5 nitrogen and oxygen atoms in total. The molecule has 0 saturated carbocycles. The van der Waals surface area contributed by atoms with E-state index in [2.05, 4.69) is 10.8 Å². The fourth-order valence-corrected chi connectivity index (χ4v) is 5.31. The third kappa shape index (κ3) is 4.35. The summed E-state index contributed by atoms with van der Waals surface area (Å²) in [5.74, 6) is -0.155. The molecule has 3 aromatic carbocycles. The number of hydrogen-bond donors (Lipinski definition) is 1. The van der Waals surface area contributed by atoms with Gasteiger partial charge in [-0.1, -0.05) is 42.5 Å². The van der Waals surface area contributed by atoms with Gasteiger partial charge in [0.15, 0.2) is 0 Å². The van der Waals surface area contributed by atoms with Gasteiger partial charge in [-0.3, -0.25) is 9.52 Å². The highest BCUT2D eigenvalue weighted by molar-refractivity contribution is 7.92. The molecular weight excluding hydrogens is 408 g/mol. The van der Waals surface area contributed by atoms with E-state index in [9.17, 15) is 13.2 Å². The van der Waals surface area contributed by atoms with Crippen molar-refractivity contribution >= 4 is 21.6 Å². The Morgan fingerprint density at radius 1 is 0.903 bits per heavy atom. The summed E-state index contributed by atoms with van der Waals surface area (Å²) in [5.41, 5.74) is 5.73. The second kappa shape index (κ2) is 8.19. The molecule has 0 bridgehead atoms. The number of nitrogens with one attached hydrogen (secondary N) is 1. The minimum absolute atomic E-state index is 0.122. The van der Waals surface area contributed by atoms with E-state index in [0.29, 0.717) is 29.9 Å². The van der Waals surface area contributed by atoms with Crippen molar-refractivity contribution in [3.63, 3.8) is 0 Å².